The molecule has 1 aromatic heterocycles. The van der Waals surface area contributed by atoms with E-state index in [-0.39, 0.29) is 0 Å². The monoisotopic (exact) mass is 181 g/mol. The van der Waals surface area contributed by atoms with Gasteiger partial charge in [0.05, 0.1) is 0 Å². The van der Waals surface area contributed by atoms with Gasteiger partial charge in [-0.2, -0.15) is 0 Å². The van der Waals surface area contributed by atoms with Crippen molar-refractivity contribution in [2.24, 2.45) is 5.73 Å². The zero-order chi connectivity index (χ0) is 8.97. The number of nitrogens with two attached hydrogens (primary N) is 1. The predicted molar refractivity (Wildman–Crippen MR) is 52.6 cm³/mol. The van der Waals surface area contributed by atoms with E-state index in [1.54, 1.807) is 12.4 Å². The predicted octanol–water partition coefficient (Wildman–Crippen LogP) is 0.723. The van der Waals surface area contributed by atoms with Crippen LogP contribution in [0.25, 0.3) is 0 Å². The van der Waals surface area contributed by atoms with E-state index in [2.05, 4.69) is 22.5 Å². The largest absolute Gasteiger partial charge is 0.376 e. The van der Waals surface area contributed by atoms with Crippen molar-refractivity contribution in [2.75, 3.05) is 0 Å². The molecule has 0 radical (unpaired) electrons. The Morgan fingerprint density at radius 2 is 2.50 bits per heavy atom. The highest BCUT2D eigenvalue weighted by Crippen LogP contribution is 2.03. The van der Waals surface area contributed by atoms with Gasteiger partial charge in [0.15, 0.2) is 5.11 Å². The highest BCUT2D eigenvalue weighted by molar-refractivity contribution is 7.80. The topological polar surface area (TPSA) is 50.9 Å². The molecule has 0 aliphatic heterocycles. The third kappa shape index (κ3) is 2.47. The van der Waals surface area contributed by atoms with E-state index in [0.29, 0.717) is 11.7 Å². The first-order valence-corrected chi connectivity index (χ1v) is 4.04. The van der Waals surface area contributed by atoms with Crippen LogP contribution in [0.5, 0.6) is 0 Å². The lowest BCUT2D eigenvalue weighted by Crippen LogP contribution is -2.28. The number of aryl methyl sites for hydroxylation is 1. The van der Waals surface area contributed by atoms with Gasteiger partial charge in [-0.3, -0.25) is 4.98 Å². The Morgan fingerprint density at radius 1 is 1.75 bits per heavy atom. The van der Waals surface area contributed by atoms with Crippen molar-refractivity contribution >= 4 is 17.3 Å². The minimum atomic E-state index is 0.318. The molecule has 0 fully saturated rings. The third-order valence-corrected chi connectivity index (χ3v) is 1.74. The van der Waals surface area contributed by atoms with Crippen molar-refractivity contribution in [1.29, 1.82) is 0 Å². The quantitative estimate of drug-likeness (QED) is 0.660. The standard InChI is InChI=1S/C8H11N3S/c1-6-2-3-10-4-7(6)5-11-8(9)12/h2-4H,5H2,1H3,(H3,9,11,12). The van der Waals surface area contributed by atoms with Crippen molar-refractivity contribution < 1.29 is 0 Å². The second-order valence-electron chi connectivity index (χ2n) is 2.52. The molecule has 0 atom stereocenters. The number of hydrogen-bond donors (Lipinski definition) is 2. The van der Waals surface area contributed by atoms with Crippen LogP contribution in [0.2, 0.25) is 0 Å². The number of nitrogens with zero attached hydrogens (tertiary/aromatic N) is 1. The summed E-state index contributed by atoms with van der Waals surface area (Å²) in [7, 11) is 0. The Labute approximate surface area is 77.0 Å². The summed E-state index contributed by atoms with van der Waals surface area (Å²) in [6.45, 7) is 2.67. The third-order valence-electron chi connectivity index (χ3n) is 1.60. The summed E-state index contributed by atoms with van der Waals surface area (Å²) in [5.74, 6) is 0. The van der Waals surface area contributed by atoms with Crippen molar-refractivity contribution in [3.05, 3.63) is 29.6 Å². The van der Waals surface area contributed by atoms with Crippen LogP contribution < -0.4 is 11.1 Å². The van der Waals surface area contributed by atoms with Crippen molar-refractivity contribution in [3.63, 3.8) is 0 Å². The zero-order valence-electron chi connectivity index (χ0n) is 6.87. The van der Waals surface area contributed by atoms with Gasteiger partial charge >= 0.3 is 0 Å². The molecular formula is C8H11N3S. The van der Waals surface area contributed by atoms with Gasteiger partial charge in [0.2, 0.25) is 0 Å². The first kappa shape index (κ1) is 8.93. The van der Waals surface area contributed by atoms with Crippen LogP contribution in [0.15, 0.2) is 18.5 Å². The molecule has 1 rings (SSSR count). The second-order valence-corrected chi connectivity index (χ2v) is 2.96. The maximum atomic E-state index is 5.29. The summed E-state index contributed by atoms with van der Waals surface area (Å²) in [6, 6.07) is 1.95. The van der Waals surface area contributed by atoms with Gasteiger partial charge < -0.3 is 11.1 Å². The Bertz CT molecular complexity index is 285. The maximum absolute atomic E-state index is 5.29. The van der Waals surface area contributed by atoms with E-state index >= 15 is 0 Å². The molecule has 0 saturated carbocycles. The summed E-state index contributed by atoms with van der Waals surface area (Å²) >= 11 is 4.68. The van der Waals surface area contributed by atoms with E-state index < -0.39 is 0 Å². The van der Waals surface area contributed by atoms with Gasteiger partial charge in [-0.05, 0) is 36.3 Å². The molecule has 0 bridgehead atoms. The van der Waals surface area contributed by atoms with Crippen LogP contribution in [0.4, 0.5) is 0 Å². The molecule has 0 unspecified atom stereocenters. The Morgan fingerprint density at radius 3 is 3.08 bits per heavy atom. The second kappa shape index (κ2) is 4.01. The molecule has 3 nitrogen and oxygen atoms in total. The first-order valence-electron chi connectivity index (χ1n) is 3.63. The Kier molecular flexibility index (Phi) is 2.99. The molecule has 4 heteroatoms. The number of thiocarbonyl (C=S) groups is 1. The fourth-order valence-electron chi connectivity index (χ4n) is 0.864. The van der Waals surface area contributed by atoms with E-state index in [9.17, 15) is 0 Å². The summed E-state index contributed by atoms with van der Waals surface area (Å²) < 4.78 is 0. The fraction of sp³-hybridized carbons (Fsp3) is 0.250. The van der Waals surface area contributed by atoms with Crippen LogP contribution in [-0.2, 0) is 6.54 Å². The number of pyridine rings is 1. The lowest BCUT2D eigenvalue weighted by atomic mass is 10.2. The number of rotatable bonds is 2. The van der Waals surface area contributed by atoms with E-state index in [1.807, 2.05) is 13.0 Å². The van der Waals surface area contributed by atoms with Gasteiger partial charge in [0, 0.05) is 18.9 Å². The molecule has 0 amide bonds. The molecule has 0 aromatic carbocycles. The smallest absolute Gasteiger partial charge is 0.163 e. The van der Waals surface area contributed by atoms with Crippen molar-refractivity contribution in [3.8, 4) is 0 Å². The van der Waals surface area contributed by atoms with Crippen molar-refractivity contribution in [1.82, 2.24) is 10.3 Å². The molecule has 12 heavy (non-hydrogen) atoms. The summed E-state index contributed by atoms with van der Waals surface area (Å²) in [5, 5.41) is 3.19. The van der Waals surface area contributed by atoms with Gasteiger partial charge in [0.25, 0.3) is 0 Å². The van der Waals surface area contributed by atoms with Crippen LogP contribution in [0.3, 0.4) is 0 Å². The molecule has 1 aromatic rings. The van der Waals surface area contributed by atoms with Crippen LogP contribution in [0, 0.1) is 6.92 Å². The van der Waals surface area contributed by atoms with Crippen LogP contribution in [0.1, 0.15) is 11.1 Å². The number of aromatic nitrogens is 1. The molecule has 0 saturated heterocycles. The van der Waals surface area contributed by atoms with Crippen LogP contribution in [-0.4, -0.2) is 10.1 Å². The summed E-state index contributed by atoms with van der Waals surface area (Å²) in [4.78, 5) is 4.00. The lowest BCUT2D eigenvalue weighted by Gasteiger charge is -2.05. The van der Waals surface area contributed by atoms with Gasteiger partial charge in [-0.25, -0.2) is 0 Å². The maximum Gasteiger partial charge on any atom is 0.163 e. The van der Waals surface area contributed by atoms with E-state index in [4.69, 9.17) is 5.73 Å². The van der Waals surface area contributed by atoms with E-state index in [0.717, 1.165) is 5.56 Å². The molecule has 1 heterocycles. The summed E-state index contributed by atoms with van der Waals surface area (Å²) in [5.41, 5.74) is 7.59. The van der Waals surface area contributed by atoms with E-state index in [1.165, 1.54) is 5.56 Å². The van der Waals surface area contributed by atoms with Gasteiger partial charge in [-0.1, -0.05) is 0 Å². The minimum absolute atomic E-state index is 0.318. The summed E-state index contributed by atoms with van der Waals surface area (Å²) in [6.07, 6.45) is 3.57. The molecule has 0 spiro atoms. The zero-order valence-corrected chi connectivity index (χ0v) is 7.69. The van der Waals surface area contributed by atoms with Gasteiger partial charge in [0.1, 0.15) is 0 Å². The highest BCUT2D eigenvalue weighted by Gasteiger charge is 1.96. The molecule has 0 aliphatic carbocycles. The SMILES string of the molecule is Cc1ccncc1CNC(N)=S. The lowest BCUT2D eigenvalue weighted by molar-refractivity contribution is 0.900. The van der Waals surface area contributed by atoms with Gasteiger partial charge in [-0.15, -0.1) is 0 Å². The normalized spacial score (nSPS) is 9.42. The number of hydrogen-bond acceptors (Lipinski definition) is 2. The molecule has 3 N–H and O–H groups in total. The Balaban J connectivity index is 2.63. The van der Waals surface area contributed by atoms with Crippen LogP contribution >= 0.6 is 12.2 Å². The Hall–Kier alpha value is -1.16. The average Bonchev–Trinajstić information content (AvgIpc) is 2.03. The molecule has 64 valence electrons. The fourth-order valence-corrected chi connectivity index (χ4v) is 0.936. The van der Waals surface area contributed by atoms with Crippen molar-refractivity contribution in [2.45, 2.75) is 13.5 Å². The number of nitrogens with one attached hydrogen (secondary N) is 1. The molecule has 0 aliphatic rings. The molecular weight excluding hydrogens is 170 g/mol. The highest BCUT2D eigenvalue weighted by atomic mass is 32.1. The minimum Gasteiger partial charge on any atom is -0.376 e. The first-order chi connectivity index (χ1) is 5.70. The average molecular weight is 181 g/mol.